The first-order valence-corrected chi connectivity index (χ1v) is 8.36. The van der Waals surface area contributed by atoms with Crippen molar-refractivity contribution < 1.29 is 13.7 Å². The smallest absolute Gasteiger partial charge is 0.317 e. The number of amides is 2. The maximum Gasteiger partial charge on any atom is 0.317 e. The van der Waals surface area contributed by atoms with Crippen molar-refractivity contribution in [3.63, 3.8) is 0 Å². The molecular formula is C17H24N4O3. The van der Waals surface area contributed by atoms with E-state index in [-0.39, 0.29) is 18.0 Å². The number of furan rings is 1. The number of urea groups is 1. The van der Waals surface area contributed by atoms with E-state index in [1.807, 2.05) is 31.7 Å². The first-order valence-electron chi connectivity index (χ1n) is 8.36. The molecule has 0 aliphatic carbocycles. The summed E-state index contributed by atoms with van der Waals surface area (Å²) in [4.78, 5) is 18.7. The fourth-order valence-electron chi connectivity index (χ4n) is 3.28. The summed E-state index contributed by atoms with van der Waals surface area (Å²) in [6.45, 7) is 8.94. The molecule has 1 aliphatic rings. The molecule has 24 heavy (non-hydrogen) atoms. The molecule has 2 aromatic heterocycles. The lowest BCUT2D eigenvalue weighted by molar-refractivity contribution is 0.169. The number of aryl methyl sites for hydroxylation is 3. The zero-order valence-corrected chi connectivity index (χ0v) is 14.6. The molecule has 0 bridgehead atoms. The molecule has 1 saturated heterocycles. The van der Waals surface area contributed by atoms with Crippen LogP contribution in [0.5, 0.6) is 0 Å². The molecule has 2 aromatic rings. The maximum absolute atomic E-state index is 12.6. The average molecular weight is 332 g/mol. The molecule has 2 atom stereocenters. The summed E-state index contributed by atoms with van der Waals surface area (Å²) in [5.74, 6) is 3.07. The molecule has 2 amide bonds. The van der Waals surface area contributed by atoms with Gasteiger partial charge in [-0.3, -0.25) is 0 Å². The Bertz CT molecular complexity index is 721. The third-order valence-electron chi connectivity index (χ3n) is 4.49. The van der Waals surface area contributed by atoms with Gasteiger partial charge in [-0.15, -0.1) is 0 Å². The predicted octanol–water partition coefficient (Wildman–Crippen LogP) is 3.24. The number of piperidine rings is 1. The lowest BCUT2D eigenvalue weighted by atomic mass is 9.98. The van der Waals surface area contributed by atoms with Gasteiger partial charge in [-0.2, -0.15) is 4.98 Å². The minimum absolute atomic E-state index is 0.0679. The lowest BCUT2D eigenvalue weighted by Gasteiger charge is -2.32. The first kappa shape index (κ1) is 16.5. The van der Waals surface area contributed by atoms with Crippen LogP contribution in [0.2, 0.25) is 0 Å². The van der Waals surface area contributed by atoms with Gasteiger partial charge in [0, 0.05) is 18.7 Å². The molecule has 130 valence electrons. The zero-order chi connectivity index (χ0) is 17.3. The number of likely N-dealkylation sites (tertiary alicyclic amines) is 1. The molecule has 1 fully saturated rings. The van der Waals surface area contributed by atoms with Gasteiger partial charge in [-0.05, 0) is 46.6 Å². The minimum Gasteiger partial charge on any atom is -0.466 e. The molecule has 1 aliphatic heterocycles. The van der Waals surface area contributed by atoms with Crippen LogP contribution in [0.4, 0.5) is 4.79 Å². The topological polar surface area (TPSA) is 84.4 Å². The second-order valence-corrected chi connectivity index (χ2v) is 6.50. The van der Waals surface area contributed by atoms with E-state index in [0.717, 1.165) is 36.5 Å². The number of carbonyl (C=O) groups is 1. The van der Waals surface area contributed by atoms with Crippen LogP contribution in [0.15, 0.2) is 15.0 Å². The third kappa shape index (κ3) is 3.44. The van der Waals surface area contributed by atoms with Crippen LogP contribution < -0.4 is 5.32 Å². The van der Waals surface area contributed by atoms with Gasteiger partial charge in [0.2, 0.25) is 5.89 Å². The van der Waals surface area contributed by atoms with Crippen molar-refractivity contribution in [1.82, 2.24) is 20.4 Å². The Balaban J connectivity index is 1.63. The van der Waals surface area contributed by atoms with Gasteiger partial charge < -0.3 is 19.2 Å². The summed E-state index contributed by atoms with van der Waals surface area (Å²) in [5.41, 5.74) is 1.02. The number of rotatable bonds is 3. The van der Waals surface area contributed by atoms with Gasteiger partial charge in [0.25, 0.3) is 0 Å². The largest absolute Gasteiger partial charge is 0.466 e. The highest BCUT2D eigenvalue weighted by Crippen LogP contribution is 2.26. The van der Waals surface area contributed by atoms with Crippen LogP contribution in [-0.4, -0.2) is 34.2 Å². The molecule has 0 radical (unpaired) electrons. The van der Waals surface area contributed by atoms with Crippen LogP contribution in [0.1, 0.15) is 60.5 Å². The Morgan fingerprint density at radius 1 is 1.42 bits per heavy atom. The Morgan fingerprint density at radius 2 is 2.21 bits per heavy atom. The molecule has 0 spiro atoms. The Morgan fingerprint density at radius 3 is 2.83 bits per heavy atom. The number of hydrogen-bond donors (Lipinski definition) is 1. The van der Waals surface area contributed by atoms with E-state index >= 15 is 0 Å². The average Bonchev–Trinajstić information content (AvgIpc) is 3.12. The number of nitrogens with one attached hydrogen (secondary N) is 1. The summed E-state index contributed by atoms with van der Waals surface area (Å²) >= 11 is 0. The monoisotopic (exact) mass is 332 g/mol. The highest BCUT2D eigenvalue weighted by molar-refractivity contribution is 5.75. The van der Waals surface area contributed by atoms with Crippen LogP contribution >= 0.6 is 0 Å². The van der Waals surface area contributed by atoms with Gasteiger partial charge in [0.15, 0.2) is 5.82 Å². The van der Waals surface area contributed by atoms with Crippen LogP contribution in [0, 0.1) is 20.8 Å². The molecule has 3 heterocycles. The molecule has 0 saturated carbocycles. The lowest BCUT2D eigenvalue weighted by Crippen LogP contribution is -2.45. The van der Waals surface area contributed by atoms with Crippen LogP contribution in [0.25, 0.3) is 0 Å². The van der Waals surface area contributed by atoms with Crippen molar-refractivity contribution >= 4 is 6.03 Å². The number of aromatic nitrogens is 2. The summed E-state index contributed by atoms with van der Waals surface area (Å²) in [7, 11) is 0. The van der Waals surface area contributed by atoms with E-state index in [1.165, 1.54) is 0 Å². The van der Waals surface area contributed by atoms with Gasteiger partial charge in [0.1, 0.15) is 11.5 Å². The van der Waals surface area contributed by atoms with Gasteiger partial charge in [-0.25, -0.2) is 4.79 Å². The Hall–Kier alpha value is -2.31. The van der Waals surface area contributed by atoms with Crippen LogP contribution in [-0.2, 0) is 0 Å². The van der Waals surface area contributed by atoms with Gasteiger partial charge >= 0.3 is 6.03 Å². The quantitative estimate of drug-likeness (QED) is 0.932. The molecule has 3 rings (SSSR count). The first-order chi connectivity index (χ1) is 11.4. The maximum atomic E-state index is 12.6. The Kier molecular flexibility index (Phi) is 4.59. The molecule has 7 heteroatoms. The van der Waals surface area contributed by atoms with Crippen molar-refractivity contribution in [2.24, 2.45) is 0 Å². The van der Waals surface area contributed by atoms with E-state index in [4.69, 9.17) is 8.94 Å². The fourth-order valence-corrected chi connectivity index (χ4v) is 3.28. The molecule has 7 nitrogen and oxygen atoms in total. The van der Waals surface area contributed by atoms with Crippen LogP contribution in [0.3, 0.4) is 0 Å². The fraction of sp³-hybridized carbons (Fsp3) is 0.588. The molecule has 1 N–H and O–H groups in total. The highest BCUT2D eigenvalue weighted by atomic mass is 16.5. The van der Waals surface area contributed by atoms with E-state index in [1.54, 1.807) is 6.92 Å². The second-order valence-electron chi connectivity index (χ2n) is 6.50. The molecule has 0 aromatic carbocycles. The SMILES string of the molecule is Cc1noc(C2CCCN(C(=O)NC(C)c3cc(C)oc3C)C2)n1. The summed E-state index contributed by atoms with van der Waals surface area (Å²) in [6, 6.07) is 1.81. The summed E-state index contributed by atoms with van der Waals surface area (Å²) < 4.78 is 10.8. The van der Waals surface area contributed by atoms with Crippen molar-refractivity contribution in [1.29, 1.82) is 0 Å². The van der Waals surface area contributed by atoms with E-state index < -0.39 is 0 Å². The van der Waals surface area contributed by atoms with Gasteiger partial charge in [-0.1, -0.05) is 5.16 Å². The highest BCUT2D eigenvalue weighted by Gasteiger charge is 2.29. The standard InChI is InChI=1S/C17H24N4O3/c1-10-8-15(12(3)23-10)11(2)18-17(22)21-7-5-6-14(9-21)16-19-13(4)20-24-16/h8,11,14H,5-7,9H2,1-4H3,(H,18,22). The van der Waals surface area contributed by atoms with Crippen molar-refractivity contribution in [3.05, 3.63) is 34.9 Å². The second kappa shape index (κ2) is 6.67. The van der Waals surface area contributed by atoms with E-state index in [0.29, 0.717) is 18.3 Å². The summed E-state index contributed by atoms with van der Waals surface area (Å²) in [5, 5.41) is 6.90. The number of nitrogens with zero attached hydrogens (tertiary/aromatic N) is 3. The van der Waals surface area contributed by atoms with Crippen molar-refractivity contribution in [2.45, 2.75) is 52.5 Å². The summed E-state index contributed by atoms with van der Waals surface area (Å²) in [6.07, 6.45) is 1.89. The van der Waals surface area contributed by atoms with E-state index in [9.17, 15) is 4.79 Å². The normalized spacial score (nSPS) is 19.3. The number of hydrogen-bond acceptors (Lipinski definition) is 5. The van der Waals surface area contributed by atoms with Crippen molar-refractivity contribution in [3.8, 4) is 0 Å². The predicted molar refractivity (Wildman–Crippen MR) is 87.7 cm³/mol. The van der Waals surface area contributed by atoms with Crippen molar-refractivity contribution in [2.75, 3.05) is 13.1 Å². The third-order valence-corrected chi connectivity index (χ3v) is 4.49. The Labute approximate surface area is 141 Å². The molecular weight excluding hydrogens is 308 g/mol. The van der Waals surface area contributed by atoms with E-state index in [2.05, 4.69) is 15.5 Å². The minimum atomic E-state index is -0.0963. The molecule has 2 unspecified atom stereocenters. The zero-order valence-electron chi connectivity index (χ0n) is 14.6. The number of carbonyl (C=O) groups excluding carboxylic acids is 1. The van der Waals surface area contributed by atoms with Gasteiger partial charge in [0.05, 0.1) is 12.0 Å².